The molecule has 0 bridgehead atoms. The average Bonchev–Trinajstić information content (AvgIpc) is 3.37. The summed E-state index contributed by atoms with van der Waals surface area (Å²) in [5.74, 6) is -0.988. The summed E-state index contributed by atoms with van der Waals surface area (Å²) in [5, 5.41) is 2.97. The van der Waals surface area contributed by atoms with Gasteiger partial charge in [0, 0.05) is 38.9 Å². The minimum atomic E-state index is -0.363. The lowest BCUT2D eigenvalue weighted by Gasteiger charge is -2.21. The van der Waals surface area contributed by atoms with Gasteiger partial charge >= 0.3 is 0 Å². The maximum atomic E-state index is 12.9. The van der Waals surface area contributed by atoms with Crippen molar-refractivity contribution in [2.24, 2.45) is 0 Å². The number of ether oxygens (including phenoxy) is 1. The predicted molar refractivity (Wildman–Crippen MR) is 114 cm³/mol. The van der Waals surface area contributed by atoms with Crippen LogP contribution < -0.4 is 10.2 Å². The fourth-order valence-electron chi connectivity index (χ4n) is 4.01. The molecule has 0 aromatic heterocycles. The van der Waals surface area contributed by atoms with Crippen molar-refractivity contribution in [3.63, 3.8) is 0 Å². The van der Waals surface area contributed by atoms with Gasteiger partial charge in [-0.2, -0.15) is 0 Å². The summed E-state index contributed by atoms with van der Waals surface area (Å²) < 4.78 is 5.00. The molecule has 30 heavy (non-hydrogen) atoms. The lowest BCUT2D eigenvalue weighted by Crippen LogP contribution is -2.31. The van der Waals surface area contributed by atoms with Crippen LogP contribution in [0.15, 0.2) is 42.5 Å². The van der Waals surface area contributed by atoms with E-state index in [0.717, 1.165) is 37.3 Å². The molecule has 2 aromatic carbocycles. The zero-order chi connectivity index (χ0) is 21.1. The fourth-order valence-corrected chi connectivity index (χ4v) is 4.01. The molecule has 2 aromatic rings. The molecule has 3 amide bonds. The summed E-state index contributed by atoms with van der Waals surface area (Å²) in [6.45, 7) is 2.71. The molecule has 1 N–H and O–H groups in total. The highest BCUT2D eigenvalue weighted by atomic mass is 16.5. The van der Waals surface area contributed by atoms with Crippen molar-refractivity contribution >= 4 is 29.1 Å². The molecule has 0 aliphatic carbocycles. The van der Waals surface area contributed by atoms with Crippen LogP contribution in [-0.4, -0.2) is 56.0 Å². The molecule has 1 saturated heterocycles. The molecule has 0 radical (unpaired) electrons. The molecule has 0 atom stereocenters. The molecule has 2 aliphatic heterocycles. The number of carbonyl (C=O) groups excluding carboxylic acids is 3. The van der Waals surface area contributed by atoms with Crippen molar-refractivity contribution in [1.29, 1.82) is 0 Å². The SMILES string of the molecule is COCCCN1C(=O)c2ccc(C(=O)Nc3ccccc3N3CCCC3)cc2C1=O. The van der Waals surface area contributed by atoms with Crippen molar-refractivity contribution in [1.82, 2.24) is 4.90 Å². The van der Waals surface area contributed by atoms with Gasteiger partial charge in [-0.3, -0.25) is 19.3 Å². The summed E-state index contributed by atoms with van der Waals surface area (Å²) in [6, 6.07) is 12.4. The van der Waals surface area contributed by atoms with Crippen LogP contribution in [0.5, 0.6) is 0 Å². The number of carbonyl (C=O) groups is 3. The largest absolute Gasteiger partial charge is 0.385 e. The Morgan fingerprint density at radius 3 is 2.53 bits per heavy atom. The Bertz CT molecular complexity index is 982. The third-order valence-corrected chi connectivity index (χ3v) is 5.56. The summed E-state index contributed by atoms with van der Waals surface area (Å²) in [5.41, 5.74) is 2.71. The van der Waals surface area contributed by atoms with E-state index in [0.29, 0.717) is 30.7 Å². The number of anilines is 2. The van der Waals surface area contributed by atoms with Crippen LogP contribution >= 0.6 is 0 Å². The fraction of sp³-hybridized carbons (Fsp3) is 0.348. The zero-order valence-electron chi connectivity index (χ0n) is 17.0. The average molecular weight is 407 g/mol. The zero-order valence-corrected chi connectivity index (χ0v) is 17.0. The van der Waals surface area contributed by atoms with Gasteiger partial charge in [0.2, 0.25) is 0 Å². The minimum absolute atomic E-state index is 0.276. The van der Waals surface area contributed by atoms with Gasteiger partial charge in [0.1, 0.15) is 0 Å². The number of hydrogen-bond donors (Lipinski definition) is 1. The summed E-state index contributed by atoms with van der Waals surface area (Å²) in [6.07, 6.45) is 2.86. The second-order valence-corrected chi connectivity index (χ2v) is 7.53. The lowest BCUT2D eigenvalue weighted by molar-refractivity contribution is 0.0638. The highest BCUT2D eigenvalue weighted by molar-refractivity contribution is 6.22. The smallest absolute Gasteiger partial charge is 0.261 e. The van der Waals surface area contributed by atoms with Gasteiger partial charge in [-0.1, -0.05) is 12.1 Å². The summed E-state index contributed by atoms with van der Waals surface area (Å²) in [7, 11) is 1.58. The molecule has 1 fully saturated rings. The molecule has 7 nitrogen and oxygen atoms in total. The van der Waals surface area contributed by atoms with Gasteiger partial charge in [-0.05, 0) is 49.6 Å². The molecule has 0 saturated carbocycles. The van der Waals surface area contributed by atoms with E-state index in [2.05, 4.69) is 10.2 Å². The van der Waals surface area contributed by atoms with Crippen molar-refractivity contribution < 1.29 is 19.1 Å². The van der Waals surface area contributed by atoms with Gasteiger partial charge in [0.25, 0.3) is 17.7 Å². The first-order chi connectivity index (χ1) is 14.6. The Morgan fingerprint density at radius 2 is 1.77 bits per heavy atom. The van der Waals surface area contributed by atoms with Crippen LogP contribution in [0.2, 0.25) is 0 Å². The quantitative estimate of drug-likeness (QED) is 0.563. The number of imide groups is 1. The third-order valence-electron chi connectivity index (χ3n) is 5.56. The normalized spacial score (nSPS) is 15.6. The number of rotatable bonds is 7. The second-order valence-electron chi connectivity index (χ2n) is 7.53. The Balaban J connectivity index is 1.53. The lowest BCUT2D eigenvalue weighted by atomic mass is 10.1. The maximum Gasteiger partial charge on any atom is 0.261 e. The maximum absolute atomic E-state index is 12.9. The van der Waals surface area contributed by atoms with Gasteiger partial charge in [0.15, 0.2) is 0 Å². The van der Waals surface area contributed by atoms with Crippen LogP contribution in [-0.2, 0) is 4.74 Å². The van der Waals surface area contributed by atoms with Gasteiger partial charge in [0.05, 0.1) is 22.5 Å². The molecule has 4 rings (SSSR count). The molecule has 2 heterocycles. The van der Waals surface area contributed by atoms with Crippen molar-refractivity contribution in [3.8, 4) is 0 Å². The Labute approximate surface area is 175 Å². The van der Waals surface area contributed by atoms with Crippen LogP contribution in [0.1, 0.15) is 50.3 Å². The number of benzene rings is 2. The van der Waals surface area contributed by atoms with Gasteiger partial charge in [-0.25, -0.2) is 0 Å². The number of methoxy groups -OCH3 is 1. The van der Waals surface area contributed by atoms with Gasteiger partial charge < -0.3 is 15.0 Å². The van der Waals surface area contributed by atoms with Crippen molar-refractivity contribution in [3.05, 3.63) is 59.2 Å². The number of nitrogens with zero attached hydrogens (tertiary/aromatic N) is 2. The summed E-state index contributed by atoms with van der Waals surface area (Å²) in [4.78, 5) is 41.6. The first-order valence-electron chi connectivity index (χ1n) is 10.2. The standard InChI is InChI=1S/C23H25N3O4/c1-30-14-6-13-26-22(28)17-10-9-16(15-18(17)23(26)29)21(27)24-19-7-2-3-8-20(19)25-11-4-5-12-25/h2-3,7-10,15H,4-6,11-14H2,1H3,(H,24,27). The topological polar surface area (TPSA) is 79.0 Å². The highest BCUT2D eigenvalue weighted by Gasteiger charge is 2.35. The van der Waals surface area contributed by atoms with E-state index in [1.165, 1.54) is 11.0 Å². The number of fused-ring (bicyclic) bond motifs is 1. The van der Waals surface area contributed by atoms with Crippen LogP contribution in [0.3, 0.4) is 0 Å². The third kappa shape index (κ3) is 3.80. The number of hydrogen-bond acceptors (Lipinski definition) is 5. The van der Waals surface area contributed by atoms with E-state index >= 15 is 0 Å². The van der Waals surface area contributed by atoms with Crippen LogP contribution in [0.25, 0.3) is 0 Å². The minimum Gasteiger partial charge on any atom is -0.385 e. The molecule has 2 aliphatic rings. The summed E-state index contributed by atoms with van der Waals surface area (Å²) >= 11 is 0. The van der Waals surface area contributed by atoms with E-state index < -0.39 is 0 Å². The molecule has 0 spiro atoms. The highest BCUT2D eigenvalue weighted by Crippen LogP contribution is 2.30. The van der Waals surface area contributed by atoms with Gasteiger partial charge in [-0.15, -0.1) is 0 Å². The number of para-hydroxylation sites is 2. The first-order valence-corrected chi connectivity index (χ1v) is 10.2. The molecule has 0 unspecified atom stereocenters. The number of amides is 3. The van der Waals surface area contributed by atoms with E-state index in [4.69, 9.17) is 4.74 Å². The molecule has 156 valence electrons. The molecular weight excluding hydrogens is 382 g/mol. The van der Waals surface area contributed by atoms with E-state index in [1.807, 2.05) is 24.3 Å². The van der Waals surface area contributed by atoms with E-state index in [1.54, 1.807) is 19.2 Å². The molecule has 7 heteroatoms. The number of nitrogens with one attached hydrogen (secondary N) is 1. The second kappa shape index (κ2) is 8.67. The van der Waals surface area contributed by atoms with Crippen molar-refractivity contribution in [2.45, 2.75) is 19.3 Å². The van der Waals surface area contributed by atoms with Crippen LogP contribution in [0, 0.1) is 0 Å². The Kier molecular flexibility index (Phi) is 5.81. The Morgan fingerprint density at radius 1 is 1.03 bits per heavy atom. The monoisotopic (exact) mass is 407 g/mol. The molecular formula is C23H25N3O4. The van der Waals surface area contributed by atoms with E-state index in [9.17, 15) is 14.4 Å². The Hall–Kier alpha value is -3.19. The predicted octanol–water partition coefficient (Wildman–Crippen LogP) is 3.17. The van der Waals surface area contributed by atoms with Crippen LogP contribution in [0.4, 0.5) is 11.4 Å². The van der Waals surface area contributed by atoms with E-state index in [-0.39, 0.29) is 23.3 Å². The first kappa shape index (κ1) is 20.1. The van der Waals surface area contributed by atoms with Crippen molar-refractivity contribution in [2.75, 3.05) is 43.6 Å².